The third-order valence-electron chi connectivity index (χ3n) is 1.70. The van der Waals surface area contributed by atoms with Gasteiger partial charge in [-0.25, -0.2) is 4.79 Å². The normalized spacial score (nSPS) is 11.1. The van der Waals surface area contributed by atoms with Crippen molar-refractivity contribution in [1.82, 2.24) is 0 Å². The molecular formula is C9H10O5S. The van der Waals surface area contributed by atoms with Crippen LogP contribution in [0, 0.1) is 0 Å². The van der Waals surface area contributed by atoms with Crippen LogP contribution in [0.1, 0.15) is 15.9 Å². The molecular weight excluding hydrogens is 220 g/mol. The highest BCUT2D eigenvalue weighted by Crippen LogP contribution is 2.09. The molecule has 15 heavy (non-hydrogen) atoms. The van der Waals surface area contributed by atoms with Crippen molar-refractivity contribution in [1.29, 1.82) is 0 Å². The van der Waals surface area contributed by atoms with Gasteiger partial charge in [0.05, 0.1) is 12.7 Å². The van der Waals surface area contributed by atoms with Gasteiger partial charge in [0.15, 0.2) is 0 Å². The number of esters is 1. The smallest absolute Gasteiger partial charge is 0.337 e. The maximum absolute atomic E-state index is 11.1. The molecule has 6 heteroatoms. The lowest BCUT2D eigenvalue weighted by Crippen LogP contribution is -2.05. The lowest BCUT2D eigenvalue weighted by atomic mass is 10.1. The van der Waals surface area contributed by atoms with E-state index in [-0.39, 0.29) is 5.56 Å². The van der Waals surface area contributed by atoms with Crippen molar-refractivity contribution in [3.63, 3.8) is 0 Å². The quantitative estimate of drug-likeness (QED) is 0.615. The zero-order valence-corrected chi connectivity index (χ0v) is 8.82. The molecule has 0 radical (unpaired) electrons. The van der Waals surface area contributed by atoms with Gasteiger partial charge in [-0.1, -0.05) is 12.1 Å². The molecule has 0 aromatic heterocycles. The van der Waals surface area contributed by atoms with E-state index in [1.165, 1.54) is 31.4 Å². The first kappa shape index (κ1) is 11.7. The molecule has 0 saturated heterocycles. The van der Waals surface area contributed by atoms with E-state index in [9.17, 15) is 13.2 Å². The summed E-state index contributed by atoms with van der Waals surface area (Å²) in [5.41, 5.74) is 0.582. The summed E-state index contributed by atoms with van der Waals surface area (Å²) >= 11 is 0. The third-order valence-corrected chi connectivity index (χ3v) is 2.40. The minimum atomic E-state index is -4.08. The minimum Gasteiger partial charge on any atom is -0.465 e. The van der Waals surface area contributed by atoms with Crippen molar-refractivity contribution in [2.75, 3.05) is 7.11 Å². The molecule has 0 spiro atoms. The van der Waals surface area contributed by atoms with E-state index in [4.69, 9.17) is 4.55 Å². The Morgan fingerprint density at radius 1 is 1.47 bits per heavy atom. The van der Waals surface area contributed by atoms with Gasteiger partial charge < -0.3 is 4.74 Å². The number of hydrogen-bond donors (Lipinski definition) is 1. The van der Waals surface area contributed by atoms with Crippen molar-refractivity contribution in [2.24, 2.45) is 0 Å². The van der Waals surface area contributed by atoms with Gasteiger partial charge in [-0.15, -0.1) is 0 Å². The molecule has 1 rings (SSSR count). The second-order valence-electron chi connectivity index (χ2n) is 2.92. The molecule has 5 nitrogen and oxygen atoms in total. The lowest BCUT2D eigenvalue weighted by molar-refractivity contribution is 0.0600. The van der Waals surface area contributed by atoms with Gasteiger partial charge in [-0.05, 0) is 17.7 Å². The fraction of sp³-hybridized carbons (Fsp3) is 0.222. The van der Waals surface area contributed by atoms with Gasteiger partial charge in [0, 0.05) is 0 Å². The second-order valence-corrected chi connectivity index (χ2v) is 4.37. The summed E-state index contributed by atoms with van der Waals surface area (Å²) in [6.07, 6.45) is 0. The Hall–Kier alpha value is -1.40. The number of hydrogen-bond acceptors (Lipinski definition) is 4. The average molecular weight is 230 g/mol. The molecule has 0 atom stereocenters. The summed E-state index contributed by atoms with van der Waals surface area (Å²) in [5.74, 6) is -1.06. The molecule has 82 valence electrons. The molecule has 0 aliphatic heterocycles. The van der Waals surface area contributed by atoms with Gasteiger partial charge in [0.1, 0.15) is 5.75 Å². The van der Waals surface area contributed by atoms with Gasteiger partial charge in [0.25, 0.3) is 10.1 Å². The molecule has 0 aliphatic rings. The zero-order chi connectivity index (χ0) is 11.5. The standard InChI is InChI=1S/C9H10O5S/c1-14-9(10)8-4-2-3-7(5-8)6-15(11,12)13/h2-5H,6H2,1H3,(H,11,12,13). The van der Waals surface area contributed by atoms with Crippen LogP contribution in [0.15, 0.2) is 24.3 Å². The van der Waals surface area contributed by atoms with Crippen LogP contribution in [-0.2, 0) is 20.6 Å². The minimum absolute atomic E-state index is 0.249. The summed E-state index contributed by atoms with van der Waals surface area (Å²) in [6, 6.07) is 5.88. The lowest BCUT2D eigenvalue weighted by Gasteiger charge is -2.02. The molecule has 0 heterocycles. The van der Waals surface area contributed by atoms with Crippen molar-refractivity contribution in [3.8, 4) is 0 Å². The van der Waals surface area contributed by atoms with Crippen molar-refractivity contribution in [3.05, 3.63) is 35.4 Å². The van der Waals surface area contributed by atoms with Crippen LogP contribution in [0.2, 0.25) is 0 Å². The van der Waals surface area contributed by atoms with Crippen molar-refractivity contribution >= 4 is 16.1 Å². The fourth-order valence-electron chi connectivity index (χ4n) is 1.12. The molecule has 0 bridgehead atoms. The Morgan fingerprint density at radius 3 is 2.67 bits per heavy atom. The highest BCUT2D eigenvalue weighted by Gasteiger charge is 2.10. The van der Waals surface area contributed by atoms with E-state index in [1.54, 1.807) is 0 Å². The summed E-state index contributed by atoms with van der Waals surface area (Å²) in [6.45, 7) is 0. The summed E-state index contributed by atoms with van der Waals surface area (Å²) < 4.78 is 34.3. The largest absolute Gasteiger partial charge is 0.465 e. The Balaban J connectivity index is 2.98. The second kappa shape index (κ2) is 4.41. The third kappa shape index (κ3) is 3.69. The molecule has 0 unspecified atom stereocenters. The highest BCUT2D eigenvalue weighted by atomic mass is 32.2. The first-order valence-electron chi connectivity index (χ1n) is 4.05. The molecule has 1 aromatic carbocycles. The van der Waals surface area contributed by atoms with Crippen molar-refractivity contribution < 1.29 is 22.5 Å². The van der Waals surface area contributed by atoms with Crippen LogP contribution in [0.3, 0.4) is 0 Å². The molecule has 0 amide bonds. The zero-order valence-electron chi connectivity index (χ0n) is 8.00. The van der Waals surface area contributed by atoms with E-state index in [0.29, 0.717) is 5.56 Å². The average Bonchev–Trinajstić information content (AvgIpc) is 2.14. The van der Waals surface area contributed by atoms with Crippen LogP contribution in [0.25, 0.3) is 0 Å². The summed E-state index contributed by atoms with van der Waals surface area (Å²) in [7, 11) is -2.84. The van der Waals surface area contributed by atoms with E-state index < -0.39 is 21.8 Å². The number of carbonyl (C=O) groups excluding carboxylic acids is 1. The van der Waals surface area contributed by atoms with Crippen LogP contribution in [-0.4, -0.2) is 26.0 Å². The molecule has 0 saturated carbocycles. The van der Waals surface area contributed by atoms with Gasteiger partial charge in [0.2, 0.25) is 0 Å². The topological polar surface area (TPSA) is 80.7 Å². The van der Waals surface area contributed by atoms with Crippen molar-refractivity contribution in [2.45, 2.75) is 5.75 Å². The van der Waals surface area contributed by atoms with Crippen LogP contribution >= 0.6 is 0 Å². The van der Waals surface area contributed by atoms with E-state index in [0.717, 1.165) is 0 Å². The first-order valence-corrected chi connectivity index (χ1v) is 5.66. The van der Waals surface area contributed by atoms with E-state index >= 15 is 0 Å². The SMILES string of the molecule is COC(=O)c1cccc(CS(=O)(=O)O)c1. The predicted molar refractivity (Wildman–Crippen MR) is 53.0 cm³/mol. The Kier molecular flexibility index (Phi) is 3.43. The van der Waals surface area contributed by atoms with E-state index in [2.05, 4.69) is 4.74 Å². The number of rotatable bonds is 3. The molecule has 1 N–H and O–H groups in total. The molecule has 0 fully saturated rings. The Morgan fingerprint density at radius 2 is 2.13 bits per heavy atom. The number of ether oxygens (including phenoxy) is 1. The van der Waals surface area contributed by atoms with Gasteiger partial charge >= 0.3 is 5.97 Å². The van der Waals surface area contributed by atoms with Gasteiger partial charge in [-0.2, -0.15) is 8.42 Å². The van der Waals surface area contributed by atoms with Crippen LogP contribution in [0.5, 0.6) is 0 Å². The number of benzene rings is 1. The number of carbonyl (C=O) groups is 1. The summed E-state index contributed by atoms with van der Waals surface area (Å²) in [5, 5.41) is 0. The molecule has 1 aromatic rings. The maximum Gasteiger partial charge on any atom is 0.337 e. The van der Waals surface area contributed by atoms with Gasteiger partial charge in [-0.3, -0.25) is 4.55 Å². The fourth-order valence-corrected chi connectivity index (χ4v) is 1.72. The summed E-state index contributed by atoms with van der Waals surface area (Å²) in [4.78, 5) is 11.1. The monoisotopic (exact) mass is 230 g/mol. The number of methoxy groups -OCH3 is 1. The first-order chi connectivity index (χ1) is 6.92. The van der Waals surface area contributed by atoms with E-state index in [1.807, 2.05) is 0 Å². The highest BCUT2D eigenvalue weighted by molar-refractivity contribution is 7.85. The maximum atomic E-state index is 11.1. The Bertz CT molecular complexity index is 463. The Labute approximate surface area is 87.4 Å². The predicted octanol–water partition coefficient (Wildman–Crippen LogP) is 0.861. The van der Waals surface area contributed by atoms with Crippen LogP contribution < -0.4 is 0 Å². The molecule has 0 aliphatic carbocycles. The van der Waals surface area contributed by atoms with Crippen LogP contribution in [0.4, 0.5) is 0 Å².